The summed E-state index contributed by atoms with van der Waals surface area (Å²) in [6, 6.07) is 1.56. The average molecular weight is 186 g/mol. The number of hydrogen-bond acceptors (Lipinski definition) is 0. The minimum atomic E-state index is 0.466. The van der Waals surface area contributed by atoms with Gasteiger partial charge in [-0.1, -0.05) is 27.7 Å². The monoisotopic (exact) mass is 186 g/mol. The van der Waals surface area contributed by atoms with Crippen LogP contribution in [0.5, 0.6) is 0 Å². The summed E-state index contributed by atoms with van der Waals surface area (Å²) in [4.78, 5) is 1.68. The Morgan fingerprint density at radius 3 is 1.85 bits per heavy atom. The molecule has 0 aliphatic heterocycles. The normalized spacial score (nSPS) is 19.6. The van der Waals surface area contributed by atoms with Gasteiger partial charge in [-0.3, -0.25) is 0 Å². The molecule has 0 spiro atoms. The van der Waals surface area contributed by atoms with Gasteiger partial charge in [0.25, 0.3) is 0 Å². The van der Waals surface area contributed by atoms with Gasteiger partial charge in [0.15, 0.2) is 0 Å². The van der Waals surface area contributed by atoms with Gasteiger partial charge in [-0.05, 0) is 25.7 Å². The van der Waals surface area contributed by atoms with Crippen molar-refractivity contribution in [3.63, 3.8) is 0 Å². The van der Waals surface area contributed by atoms with Crippen LogP contribution in [0.15, 0.2) is 0 Å². The lowest BCUT2D eigenvalue weighted by Gasteiger charge is -2.31. The van der Waals surface area contributed by atoms with E-state index in [4.69, 9.17) is 0 Å². The van der Waals surface area contributed by atoms with E-state index >= 15 is 0 Å². The number of quaternary nitrogens is 1. The van der Waals surface area contributed by atoms with Gasteiger partial charge in [-0.25, -0.2) is 0 Å². The molecule has 0 aliphatic carbocycles. The summed E-state index contributed by atoms with van der Waals surface area (Å²) in [6.45, 7) is 14.0. The van der Waals surface area contributed by atoms with Gasteiger partial charge in [-0.2, -0.15) is 0 Å². The maximum atomic E-state index is 2.37. The van der Waals surface area contributed by atoms with Crippen LogP contribution in [-0.2, 0) is 0 Å². The Balaban J connectivity index is 4.03. The fourth-order valence-corrected chi connectivity index (χ4v) is 1.89. The molecule has 0 bridgehead atoms. The van der Waals surface area contributed by atoms with E-state index in [1.165, 1.54) is 12.8 Å². The summed E-state index contributed by atoms with van der Waals surface area (Å²) in [6.07, 6.45) is 2.59. The first-order chi connectivity index (χ1) is 5.78. The van der Waals surface area contributed by atoms with Gasteiger partial charge in [-0.15, -0.1) is 0 Å². The molecule has 3 unspecified atom stereocenters. The lowest BCUT2D eigenvalue weighted by atomic mass is 9.88. The lowest BCUT2D eigenvalue weighted by molar-refractivity contribution is -0.928. The smallest absolute Gasteiger partial charge is 0.0851 e. The van der Waals surface area contributed by atoms with Crippen LogP contribution in [0.4, 0.5) is 0 Å². The second kappa shape index (κ2) is 4.99. The highest BCUT2D eigenvalue weighted by atomic mass is 15.1. The van der Waals surface area contributed by atoms with Crippen molar-refractivity contribution >= 4 is 0 Å². The van der Waals surface area contributed by atoms with Crippen LogP contribution >= 0.6 is 0 Å². The highest BCUT2D eigenvalue weighted by Gasteiger charge is 2.23. The van der Waals surface area contributed by atoms with E-state index in [-0.39, 0.29) is 0 Å². The van der Waals surface area contributed by atoms with Crippen molar-refractivity contribution in [3.05, 3.63) is 0 Å². The van der Waals surface area contributed by atoms with Crippen LogP contribution in [-0.4, -0.2) is 19.1 Å². The van der Waals surface area contributed by atoms with E-state index < -0.39 is 0 Å². The zero-order valence-corrected chi connectivity index (χ0v) is 10.6. The molecule has 0 aromatic rings. The Kier molecular flexibility index (Phi) is 4.98. The van der Waals surface area contributed by atoms with Gasteiger partial charge < -0.3 is 4.90 Å². The molecule has 0 saturated carbocycles. The Labute approximate surface area is 84.5 Å². The summed E-state index contributed by atoms with van der Waals surface area (Å²) >= 11 is 0. The predicted molar refractivity (Wildman–Crippen MR) is 60.2 cm³/mol. The highest BCUT2D eigenvalue weighted by molar-refractivity contribution is 4.65. The second-order valence-corrected chi connectivity index (χ2v) is 5.72. The number of hydrogen-bond donors (Lipinski definition) is 1. The third kappa shape index (κ3) is 5.30. The molecule has 0 rings (SSSR count). The van der Waals surface area contributed by atoms with Crippen LogP contribution in [0.3, 0.4) is 0 Å². The molecular formula is C12H28N+. The topological polar surface area (TPSA) is 4.44 Å². The third-order valence-electron chi connectivity index (χ3n) is 3.09. The summed E-state index contributed by atoms with van der Waals surface area (Å²) in [5.41, 5.74) is 0.466. The number of nitrogens with one attached hydrogen (secondary N) is 1. The summed E-state index contributed by atoms with van der Waals surface area (Å²) < 4.78 is 0. The molecule has 0 aromatic carbocycles. The van der Waals surface area contributed by atoms with Crippen molar-refractivity contribution in [2.24, 2.45) is 5.41 Å². The van der Waals surface area contributed by atoms with Gasteiger partial charge in [0, 0.05) is 6.42 Å². The third-order valence-corrected chi connectivity index (χ3v) is 3.09. The van der Waals surface area contributed by atoms with Crippen molar-refractivity contribution in [1.29, 1.82) is 0 Å². The molecule has 0 heterocycles. The summed E-state index contributed by atoms with van der Waals surface area (Å²) in [5, 5.41) is 0. The molecule has 80 valence electrons. The van der Waals surface area contributed by atoms with E-state index in [0.29, 0.717) is 5.41 Å². The molecule has 0 fully saturated rings. The maximum absolute atomic E-state index is 2.37. The van der Waals surface area contributed by atoms with Gasteiger partial charge in [0.2, 0.25) is 0 Å². The summed E-state index contributed by atoms with van der Waals surface area (Å²) in [5.74, 6) is 0. The average Bonchev–Trinajstić information content (AvgIpc) is 1.98. The van der Waals surface area contributed by atoms with E-state index in [2.05, 4.69) is 48.6 Å². The molecule has 0 aliphatic rings. The Morgan fingerprint density at radius 1 is 1.08 bits per heavy atom. The summed E-state index contributed by atoms with van der Waals surface area (Å²) in [7, 11) is 2.32. The Hall–Kier alpha value is -0.0400. The molecule has 13 heavy (non-hydrogen) atoms. The van der Waals surface area contributed by atoms with Crippen LogP contribution in [0.1, 0.15) is 54.4 Å². The maximum Gasteiger partial charge on any atom is 0.0851 e. The molecule has 1 nitrogen and oxygen atoms in total. The van der Waals surface area contributed by atoms with Crippen LogP contribution in [0.2, 0.25) is 0 Å². The molecule has 1 heteroatoms. The Bertz CT molecular complexity index is 135. The quantitative estimate of drug-likeness (QED) is 0.686. The fourth-order valence-electron chi connectivity index (χ4n) is 1.89. The van der Waals surface area contributed by atoms with Crippen molar-refractivity contribution in [3.8, 4) is 0 Å². The number of rotatable bonds is 4. The second-order valence-electron chi connectivity index (χ2n) is 5.72. The van der Waals surface area contributed by atoms with Crippen molar-refractivity contribution < 1.29 is 4.90 Å². The first-order valence-corrected chi connectivity index (χ1v) is 5.61. The van der Waals surface area contributed by atoms with Crippen LogP contribution in [0.25, 0.3) is 0 Å². The van der Waals surface area contributed by atoms with Gasteiger partial charge in [0.05, 0.1) is 19.1 Å². The van der Waals surface area contributed by atoms with Gasteiger partial charge in [0.1, 0.15) is 0 Å². The Morgan fingerprint density at radius 2 is 1.54 bits per heavy atom. The minimum Gasteiger partial charge on any atom is -0.333 e. The first kappa shape index (κ1) is 13.0. The molecule has 0 radical (unpaired) electrons. The van der Waals surface area contributed by atoms with E-state index in [0.717, 1.165) is 12.1 Å². The van der Waals surface area contributed by atoms with E-state index in [1.54, 1.807) is 4.90 Å². The molecular weight excluding hydrogens is 158 g/mol. The zero-order valence-electron chi connectivity index (χ0n) is 10.6. The molecule has 0 saturated heterocycles. The molecule has 0 amide bonds. The highest BCUT2D eigenvalue weighted by Crippen LogP contribution is 2.19. The molecule has 0 aromatic heterocycles. The first-order valence-electron chi connectivity index (χ1n) is 5.61. The molecule has 1 N–H and O–H groups in total. The molecule has 3 atom stereocenters. The standard InChI is InChI=1S/C12H27N/c1-8-10(2)13(7)11(3)9-12(4,5)6/h10-11H,8-9H2,1-7H3/p+1. The van der Waals surface area contributed by atoms with Gasteiger partial charge >= 0.3 is 0 Å². The van der Waals surface area contributed by atoms with Crippen LogP contribution < -0.4 is 4.90 Å². The van der Waals surface area contributed by atoms with Crippen molar-refractivity contribution in [1.82, 2.24) is 0 Å². The van der Waals surface area contributed by atoms with Crippen LogP contribution in [0, 0.1) is 5.41 Å². The largest absolute Gasteiger partial charge is 0.333 e. The predicted octanol–water partition coefficient (Wildman–Crippen LogP) is 2.12. The van der Waals surface area contributed by atoms with E-state index in [9.17, 15) is 0 Å². The minimum absolute atomic E-state index is 0.466. The SMILES string of the molecule is CCC(C)[NH+](C)C(C)CC(C)(C)C. The van der Waals surface area contributed by atoms with Crippen molar-refractivity contribution in [2.45, 2.75) is 66.5 Å². The zero-order chi connectivity index (χ0) is 10.6. The van der Waals surface area contributed by atoms with E-state index in [1.807, 2.05) is 0 Å². The van der Waals surface area contributed by atoms with Crippen molar-refractivity contribution in [2.75, 3.05) is 7.05 Å². The fraction of sp³-hybridized carbons (Fsp3) is 1.00. The lowest BCUT2D eigenvalue weighted by Crippen LogP contribution is -3.16.